The molecule has 6 nitrogen and oxygen atoms in total. The lowest BCUT2D eigenvalue weighted by Crippen LogP contribution is -2.48. The number of rotatable bonds is 4. The van der Waals surface area contributed by atoms with Gasteiger partial charge in [-0.2, -0.15) is 5.10 Å². The summed E-state index contributed by atoms with van der Waals surface area (Å²) < 4.78 is 0. The minimum atomic E-state index is -0.996. The minimum Gasteiger partial charge on any atom is -0.477 e. The number of hydrogen-bond acceptors (Lipinski definition) is 4. The minimum absolute atomic E-state index is 0.107. The number of hydrogen-bond donors (Lipinski definition) is 2. The molecule has 1 aliphatic heterocycles. The van der Waals surface area contributed by atoms with E-state index in [1.54, 1.807) is 6.07 Å². The molecular formula is C17H22N4O2. The van der Waals surface area contributed by atoms with Crippen LogP contribution in [0.25, 0.3) is 11.3 Å². The zero-order valence-corrected chi connectivity index (χ0v) is 13.5. The summed E-state index contributed by atoms with van der Waals surface area (Å²) in [6.45, 7) is 8.59. The van der Waals surface area contributed by atoms with E-state index in [2.05, 4.69) is 46.0 Å². The monoisotopic (exact) mass is 314 g/mol. The zero-order chi connectivity index (χ0) is 16.4. The fourth-order valence-corrected chi connectivity index (χ4v) is 2.94. The van der Waals surface area contributed by atoms with Crippen LogP contribution in [-0.2, 0) is 0 Å². The van der Waals surface area contributed by atoms with Gasteiger partial charge in [0.1, 0.15) is 5.69 Å². The van der Waals surface area contributed by atoms with Gasteiger partial charge in [0, 0.05) is 43.5 Å². The van der Waals surface area contributed by atoms with E-state index in [0.717, 1.165) is 37.4 Å². The lowest BCUT2D eigenvalue weighted by molar-refractivity contribution is 0.0690. The molecule has 0 bridgehead atoms. The Bertz CT molecular complexity index is 687. The molecule has 1 saturated heterocycles. The van der Waals surface area contributed by atoms with Crippen molar-refractivity contribution in [2.75, 3.05) is 31.1 Å². The average molecular weight is 314 g/mol. The Kier molecular flexibility index (Phi) is 4.34. The largest absolute Gasteiger partial charge is 0.477 e. The smallest absolute Gasteiger partial charge is 0.353 e. The van der Waals surface area contributed by atoms with Crippen molar-refractivity contribution >= 4 is 11.7 Å². The van der Waals surface area contributed by atoms with Gasteiger partial charge in [-0.05, 0) is 32.0 Å². The number of benzene rings is 1. The number of carboxylic acid groups (broad SMARTS) is 1. The van der Waals surface area contributed by atoms with Gasteiger partial charge in [0.2, 0.25) is 0 Å². The number of carboxylic acids is 1. The van der Waals surface area contributed by atoms with Gasteiger partial charge >= 0.3 is 5.97 Å². The molecule has 0 amide bonds. The Balaban J connectivity index is 1.76. The van der Waals surface area contributed by atoms with E-state index in [4.69, 9.17) is 5.11 Å². The molecule has 23 heavy (non-hydrogen) atoms. The molecule has 1 aromatic heterocycles. The van der Waals surface area contributed by atoms with Crippen molar-refractivity contribution in [2.45, 2.75) is 19.9 Å². The van der Waals surface area contributed by atoms with Crippen LogP contribution < -0.4 is 4.90 Å². The van der Waals surface area contributed by atoms with E-state index in [0.29, 0.717) is 11.7 Å². The van der Waals surface area contributed by atoms with E-state index in [1.165, 1.54) is 0 Å². The second-order valence-corrected chi connectivity index (χ2v) is 6.14. The first-order valence-corrected chi connectivity index (χ1v) is 7.93. The van der Waals surface area contributed by atoms with Crippen molar-refractivity contribution in [3.63, 3.8) is 0 Å². The van der Waals surface area contributed by atoms with Crippen LogP contribution in [0.4, 0.5) is 5.69 Å². The number of aromatic nitrogens is 2. The number of anilines is 1. The maximum absolute atomic E-state index is 11.0. The molecule has 1 aliphatic rings. The summed E-state index contributed by atoms with van der Waals surface area (Å²) >= 11 is 0. The first-order chi connectivity index (χ1) is 11.0. The van der Waals surface area contributed by atoms with Crippen molar-refractivity contribution < 1.29 is 9.90 Å². The summed E-state index contributed by atoms with van der Waals surface area (Å²) in [5, 5.41) is 15.6. The fraction of sp³-hybridized carbons (Fsp3) is 0.412. The molecule has 0 aliphatic carbocycles. The lowest BCUT2D eigenvalue weighted by Gasteiger charge is -2.38. The van der Waals surface area contributed by atoms with E-state index in [-0.39, 0.29) is 5.69 Å². The van der Waals surface area contributed by atoms with Crippen LogP contribution >= 0.6 is 0 Å². The normalized spacial score (nSPS) is 16.0. The Labute approximate surface area is 135 Å². The molecule has 0 spiro atoms. The Morgan fingerprint density at radius 3 is 2.57 bits per heavy atom. The highest BCUT2D eigenvalue weighted by molar-refractivity contribution is 5.87. The summed E-state index contributed by atoms with van der Waals surface area (Å²) in [4.78, 5) is 15.8. The SMILES string of the molecule is CC(C)N1CCN(c2cccc(-c3cc(C(=O)O)[nH]n3)c2)CC1. The van der Waals surface area contributed by atoms with Gasteiger partial charge in [-0.1, -0.05) is 12.1 Å². The van der Waals surface area contributed by atoms with Crippen LogP contribution in [0.3, 0.4) is 0 Å². The molecule has 0 atom stereocenters. The first-order valence-electron chi connectivity index (χ1n) is 7.93. The highest BCUT2D eigenvalue weighted by Crippen LogP contribution is 2.25. The van der Waals surface area contributed by atoms with E-state index in [1.807, 2.05) is 12.1 Å². The van der Waals surface area contributed by atoms with Gasteiger partial charge < -0.3 is 10.0 Å². The second-order valence-electron chi connectivity index (χ2n) is 6.14. The van der Waals surface area contributed by atoms with Crippen LogP contribution in [-0.4, -0.2) is 58.4 Å². The summed E-state index contributed by atoms with van der Waals surface area (Å²) in [5.41, 5.74) is 2.85. The molecule has 2 N–H and O–H groups in total. The van der Waals surface area contributed by atoms with Crippen LogP contribution in [0.5, 0.6) is 0 Å². The lowest BCUT2D eigenvalue weighted by atomic mass is 10.1. The van der Waals surface area contributed by atoms with E-state index >= 15 is 0 Å². The first kappa shape index (κ1) is 15.6. The molecule has 2 aromatic rings. The summed E-state index contributed by atoms with van der Waals surface area (Å²) in [7, 11) is 0. The molecule has 2 heterocycles. The van der Waals surface area contributed by atoms with Crippen LogP contribution in [0.15, 0.2) is 30.3 Å². The molecule has 1 fully saturated rings. The van der Waals surface area contributed by atoms with Crippen molar-refractivity contribution in [3.8, 4) is 11.3 Å². The maximum Gasteiger partial charge on any atom is 0.353 e. The summed E-state index contributed by atoms with van der Waals surface area (Å²) in [6, 6.07) is 10.3. The summed E-state index contributed by atoms with van der Waals surface area (Å²) in [5.74, 6) is -0.996. The Hall–Kier alpha value is -2.34. The number of nitrogens with zero attached hydrogens (tertiary/aromatic N) is 3. The van der Waals surface area contributed by atoms with Crippen molar-refractivity contribution in [1.29, 1.82) is 0 Å². The zero-order valence-electron chi connectivity index (χ0n) is 13.5. The number of nitrogens with one attached hydrogen (secondary N) is 1. The Morgan fingerprint density at radius 2 is 1.96 bits per heavy atom. The number of piperazine rings is 1. The standard InChI is InChI=1S/C17H22N4O2/c1-12(2)20-6-8-21(9-7-20)14-5-3-4-13(10-14)15-11-16(17(22)23)19-18-15/h3-5,10-12H,6-9H2,1-2H3,(H,18,19)(H,22,23). The average Bonchev–Trinajstić information content (AvgIpc) is 3.05. The molecule has 0 unspecified atom stereocenters. The van der Waals surface area contributed by atoms with Gasteiger partial charge in [-0.25, -0.2) is 4.79 Å². The second kappa shape index (κ2) is 6.42. The third-order valence-electron chi connectivity index (χ3n) is 4.36. The highest BCUT2D eigenvalue weighted by Gasteiger charge is 2.19. The maximum atomic E-state index is 11.0. The van der Waals surface area contributed by atoms with Crippen molar-refractivity contribution in [3.05, 3.63) is 36.0 Å². The highest BCUT2D eigenvalue weighted by atomic mass is 16.4. The number of H-pyrrole nitrogens is 1. The van der Waals surface area contributed by atoms with Crippen LogP contribution in [0, 0.1) is 0 Å². The van der Waals surface area contributed by atoms with Gasteiger partial charge in [0.15, 0.2) is 0 Å². The molecule has 1 aromatic carbocycles. The predicted molar refractivity (Wildman–Crippen MR) is 89.9 cm³/mol. The molecular weight excluding hydrogens is 292 g/mol. The third kappa shape index (κ3) is 3.37. The predicted octanol–water partition coefficient (Wildman–Crippen LogP) is 2.31. The van der Waals surface area contributed by atoms with Crippen molar-refractivity contribution in [1.82, 2.24) is 15.1 Å². The summed E-state index contributed by atoms with van der Waals surface area (Å²) in [6.07, 6.45) is 0. The number of aromatic carboxylic acids is 1. The van der Waals surface area contributed by atoms with Gasteiger partial charge in [0.25, 0.3) is 0 Å². The van der Waals surface area contributed by atoms with Gasteiger partial charge in [-0.3, -0.25) is 10.00 Å². The van der Waals surface area contributed by atoms with Crippen LogP contribution in [0.2, 0.25) is 0 Å². The quantitative estimate of drug-likeness (QED) is 0.906. The van der Waals surface area contributed by atoms with Gasteiger partial charge in [0.05, 0.1) is 5.69 Å². The molecule has 0 saturated carbocycles. The molecule has 3 rings (SSSR count). The topological polar surface area (TPSA) is 72.5 Å². The fourth-order valence-electron chi connectivity index (χ4n) is 2.94. The molecule has 6 heteroatoms. The van der Waals surface area contributed by atoms with E-state index < -0.39 is 5.97 Å². The Morgan fingerprint density at radius 1 is 1.22 bits per heavy atom. The molecule has 0 radical (unpaired) electrons. The number of aromatic amines is 1. The van der Waals surface area contributed by atoms with Gasteiger partial charge in [-0.15, -0.1) is 0 Å². The number of carbonyl (C=O) groups is 1. The van der Waals surface area contributed by atoms with Crippen LogP contribution in [0.1, 0.15) is 24.3 Å². The third-order valence-corrected chi connectivity index (χ3v) is 4.36. The van der Waals surface area contributed by atoms with Crippen molar-refractivity contribution in [2.24, 2.45) is 0 Å². The van der Waals surface area contributed by atoms with E-state index in [9.17, 15) is 4.79 Å². The molecule has 122 valence electrons.